The number of alkyl halides is 3. The number of aliphatic imine (C=N–C) groups is 1. The molecule has 0 saturated carbocycles. The molecule has 0 aliphatic carbocycles. The smallest absolute Gasteiger partial charge is 0.370 e. The average Bonchev–Trinajstić information content (AvgIpc) is 2.15. The van der Waals surface area contributed by atoms with Crippen LogP contribution >= 0.6 is 0 Å². The molecule has 0 radical (unpaired) electrons. The third kappa shape index (κ3) is 4.90. The Labute approximate surface area is 84.8 Å². The maximum Gasteiger partial charge on any atom is 0.408 e. The van der Waals surface area contributed by atoms with Crippen LogP contribution in [0.4, 0.5) is 18.9 Å². The number of halogens is 3. The van der Waals surface area contributed by atoms with Gasteiger partial charge in [0.05, 0.1) is 0 Å². The molecule has 0 aromatic heterocycles. The van der Waals surface area contributed by atoms with E-state index in [1.165, 1.54) is 0 Å². The number of guanidine groups is 1. The number of anilines is 1. The molecule has 82 valence electrons. The lowest BCUT2D eigenvalue weighted by atomic mass is 10.3. The summed E-state index contributed by atoms with van der Waals surface area (Å²) in [5, 5.41) is 2.54. The Morgan fingerprint density at radius 2 is 1.87 bits per heavy atom. The fourth-order valence-corrected chi connectivity index (χ4v) is 0.884. The van der Waals surface area contributed by atoms with Gasteiger partial charge in [-0.15, -0.1) is 0 Å². The zero-order valence-corrected chi connectivity index (χ0v) is 7.75. The summed E-state index contributed by atoms with van der Waals surface area (Å²) >= 11 is 0. The van der Waals surface area contributed by atoms with Gasteiger partial charge in [0.25, 0.3) is 0 Å². The highest BCUT2D eigenvalue weighted by Gasteiger charge is 2.26. The monoisotopic (exact) mass is 217 g/mol. The highest BCUT2D eigenvalue weighted by atomic mass is 19.4. The van der Waals surface area contributed by atoms with Crippen LogP contribution in [0, 0.1) is 0 Å². The second-order valence-corrected chi connectivity index (χ2v) is 2.81. The van der Waals surface area contributed by atoms with Gasteiger partial charge in [-0.25, -0.2) is 4.99 Å². The van der Waals surface area contributed by atoms with Crippen LogP contribution in [-0.4, -0.2) is 18.7 Å². The van der Waals surface area contributed by atoms with Crippen LogP contribution in [0.25, 0.3) is 0 Å². The zero-order valence-electron chi connectivity index (χ0n) is 7.75. The predicted octanol–water partition coefficient (Wildman–Crippen LogP) is 1.98. The van der Waals surface area contributed by atoms with Crippen molar-refractivity contribution in [2.45, 2.75) is 6.18 Å². The Morgan fingerprint density at radius 1 is 1.27 bits per heavy atom. The van der Waals surface area contributed by atoms with Gasteiger partial charge < -0.3 is 11.1 Å². The fraction of sp³-hybridized carbons (Fsp3) is 0.222. The third-order valence-corrected chi connectivity index (χ3v) is 1.47. The van der Waals surface area contributed by atoms with Crippen molar-refractivity contribution >= 4 is 11.6 Å². The van der Waals surface area contributed by atoms with Gasteiger partial charge in [0.2, 0.25) is 0 Å². The lowest BCUT2D eigenvalue weighted by Gasteiger charge is -2.06. The molecule has 3 nitrogen and oxygen atoms in total. The molecule has 0 bridgehead atoms. The molecule has 0 saturated heterocycles. The zero-order chi connectivity index (χ0) is 11.3. The Bertz CT molecular complexity index is 332. The molecule has 0 aliphatic rings. The molecule has 1 aromatic carbocycles. The van der Waals surface area contributed by atoms with Gasteiger partial charge >= 0.3 is 6.18 Å². The largest absolute Gasteiger partial charge is 0.408 e. The molecular weight excluding hydrogens is 207 g/mol. The van der Waals surface area contributed by atoms with Gasteiger partial charge in [-0.05, 0) is 12.1 Å². The second kappa shape index (κ2) is 4.68. The normalized spacial score (nSPS) is 12.6. The topological polar surface area (TPSA) is 50.4 Å². The van der Waals surface area contributed by atoms with Crippen molar-refractivity contribution in [2.75, 3.05) is 11.9 Å². The van der Waals surface area contributed by atoms with E-state index in [2.05, 4.69) is 10.3 Å². The first-order valence-electron chi connectivity index (χ1n) is 4.16. The first-order chi connectivity index (χ1) is 6.97. The number of nitrogens with two attached hydrogens (primary N) is 1. The van der Waals surface area contributed by atoms with Gasteiger partial charge in [-0.1, -0.05) is 18.2 Å². The predicted molar refractivity (Wildman–Crippen MR) is 52.6 cm³/mol. The third-order valence-electron chi connectivity index (χ3n) is 1.47. The molecule has 0 fully saturated rings. The number of benzene rings is 1. The first kappa shape index (κ1) is 11.4. The van der Waals surface area contributed by atoms with Crippen molar-refractivity contribution in [3.8, 4) is 0 Å². The van der Waals surface area contributed by atoms with Crippen molar-refractivity contribution in [1.29, 1.82) is 0 Å². The van der Waals surface area contributed by atoms with Crippen LogP contribution in [0.15, 0.2) is 35.3 Å². The van der Waals surface area contributed by atoms with E-state index in [1.807, 2.05) is 0 Å². The van der Waals surface area contributed by atoms with E-state index < -0.39 is 12.7 Å². The summed E-state index contributed by atoms with van der Waals surface area (Å²) < 4.78 is 35.3. The molecule has 0 atom stereocenters. The van der Waals surface area contributed by atoms with E-state index in [-0.39, 0.29) is 5.96 Å². The van der Waals surface area contributed by atoms with E-state index in [9.17, 15) is 13.2 Å². The van der Waals surface area contributed by atoms with E-state index in [0.717, 1.165) is 0 Å². The van der Waals surface area contributed by atoms with Crippen molar-refractivity contribution in [2.24, 2.45) is 10.7 Å². The maximum absolute atomic E-state index is 11.8. The summed E-state index contributed by atoms with van der Waals surface area (Å²) in [5.74, 6) is -0.251. The number of rotatable bonds is 2. The van der Waals surface area contributed by atoms with Crippen molar-refractivity contribution in [1.82, 2.24) is 0 Å². The molecule has 0 amide bonds. The Kier molecular flexibility index (Phi) is 3.54. The minimum atomic E-state index is -4.33. The van der Waals surface area contributed by atoms with Gasteiger partial charge in [-0.3, -0.25) is 0 Å². The number of hydrogen-bond donors (Lipinski definition) is 2. The van der Waals surface area contributed by atoms with Gasteiger partial charge in [0.15, 0.2) is 5.96 Å². The molecular formula is C9H10F3N3. The molecule has 0 heterocycles. The number of nitrogens with zero attached hydrogens (tertiary/aromatic N) is 1. The summed E-state index contributed by atoms with van der Waals surface area (Å²) in [7, 11) is 0. The molecule has 0 unspecified atom stereocenters. The van der Waals surface area contributed by atoms with Crippen LogP contribution in [0.5, 0.6) is 0 Å². The maximum atomic E-state index is 11.8. The molecule has 15 heavy (non-hydrogen) atoms. The lowest BCUT2D eigenvalue weighted by Crippen LogP contribution is -2.25. The quantitative estimate of drug-likeness (QED) is 0.587. The van der Waals surface area contributed by atoms with Gasteiger partial charge in [0, 0.05) is 5.69 Å². The molecule has 3 N–H and O–H groups in total. The van der Waals surface area contributed by atoms with E-state index in [0.29, 0.717) is 5.69 Å². The van der Waals surface area contributed by atoms with Crippen molar-refractivity contribution in [3.63, 3.8) is 0 Å². The van der Waals surface area contributed by atoms with Crippen LogP contribution in [-0.2, 0) is 0 Å². The Balaban J connectivity index is 2.53. The Hall–Kier alpha value is -1.72. The molecule has 1 rings (SSSR count). The van der Waals surface area contributed by atoms with Gasteiger partial charge in [-0.2, -0.15) is 13.2 Å². The summed E-state index contributed by atoms with van der Waals surface area (Å²) in [6.07, 6.45) is -4.33. The Morgan fingerprint density at radius 3 is 2.40 bits per heavy atom. The number of nitrogens with one attached hydrogen (secondary N) is 1. The first-order valence-corrected chi connectivity index (χ1v) is 4.16. The van der Waals surface area contributed by atoms with Crippen molar-refractivity contribution in [3.05, 3.63) is 30.3 Å². The highest BCUT2D eigenvalue weighted by Crippen LogP contribution is 2.14. The minimum Gasteiger partial charge on any atom is -0.370 e. The van der Waals surface area contributed by atoms with E-state index in [4.69, 9.17) is 5.73 Å². The van der Waals surface area contributed by atoms with Crippen LogP contribution in [0.1, 0.15) is 0 Å². The summed E-state index contributed by atoms with van der Waals surface area (Å²) in [6.45, 7) is -1.28. The highest BCUT2D eigenvalue weighted by molar-refractivity contribution is 5.92. The molecule has 0 aliphatic heterocycles. The lowest BCUT2D eigenvalue weighted by molar-refractivity contribution is -0.118. The van der Waals surface area contributed by atoms with Gasteiger partial charge in [0.1, 0.15) is 6.54 Å². The van der Waals surface area contributed by atoms with Crippen molar-refractivity contribution < 1.29 is 13.2 Å². The van der Waals surface area contributed by atoms with E-state index in [1.54, 1.807) is 30.3 Å². The fourth-order valence-electron chi connectivity index (χ4n) is 0.884. The summed E-state index contributed by atoms with van der Waals surface area (Å²) in [6, 6.07) is 8.61. The molecule has 6 heteroatoms. The summed E-state index contributed by atoms with van der Waals surface area (Å²) in [4.78, 5) is 3.15. The van der Waals surface area contributed by atoms with Crippen LogP contribution in [0.2, 0.25) is 0 Å². The number of para-hydroxylation sites is 1. The summed E-state index contributed by atoms with van der Waals surface area (Å²) in [5.41, 5.74) is 5.85. The average molecular weight is 217 g/mol. The van der Waals surface area contributed by atoms with Crippen LogP contribution in [0.3, 0.4) is 0 Å². The number of hydrogen-bond acceptors (Lipinski definition) is 1. The van der Waals surface area contributed by atoms with Crippen LogP contribution < -0.4 is 11.1 Å². The SMILES string of the molecule is NC(=NCC(F)(F)F)Nc1ccccc1. The standard InChI is InChI=1S/C9H10F3N3/c10-9(11,12)6-14-8(13)15-7-4-2-1-3-5-7/h1-5H,6H2,(H3,13,14,15). The minimum absolute atomic E-state index is 0.251. The van der Waals surface area contributed by atoms with E-state index >= 15 is 0 Å². The second-order valence-electron chi connectivity index (χ2n) is 2.81. The molecule has 1 aromatic rings. The molecule has 0 spiro atoms.